The summed E-state index contributed by atoms with van der Waals surface area (Å²) in [5.41, 5.74) is 2.88. The van der Waals surface area contributed by atoms with Crippen LogP contribution in [0.15, 0.2) is 71.8 Å². The number of nitrogens with one attached hydrogen (secondary N) is 1. The fourth-order valence-corrected chi connectivity index (χ4v) is 4.04. The summed E-state index contributed by atoms with van der Waals surface area (Å²) in [5.74, 6) is 0.647. The minimum absolute atomic E-state index is 0.000979. The standard InChI is InChI=1S/C25H25N5O2/c31-24(26-16-18-6-1-2-7-19(18)17-29-15-5-14-27-29)13-12-23-28-22-9-4-3-8-21(22)25(32)30(23)20-10-11-20/h1-9,14-15,20H,10-13,16-17H2,(H,26,31). The molecule has 32 heavy (non-hydrogen) atoms. The van der Waals surface area contributed by atoms with Crippen LogP contribution in [0.5, 0.6) is 0 Å². The molecule has 7 heteroatoms. The molecule has 162 valence electrons. The average Bonchev–Trinajstić information content (AvgIpc) is 3.52. The Morgan fingerprint density at radius 1 is 1.03 bits per heavy atom. The maximum Gasteiger partial charge on any atom is 0.261 e. The van der Waals surface area contributed by atoms with E-state index >= 15 is 0 Å². The van der Waals surface area contributed by atoms with Crippen LogP contribution in [0.25, 0.3) is 10.9 Å². The molecule has 1 aliphatic rings. The average molecular weight is 428 g/mol. The van der Waals surface area contributed by atoms with Crippen molar-refractivity contribution in [3.8, 4) is 0 Å². The number of rotatable bonds is 8. The van der Waals surface area contributed by atoms with Gasteiger partial charge in [-0.1, -0.05) is 36.4 Å². The van der Waals surface area contributed by atoms with Crippen molar-refractivity contribution in [1.29, 1.82) is 0 Å². The monoisotopic (exact) mass is 427 g/mol. The van der Waals surface area contributed by atoms with Crippen molar-refractivity contribution >= 4 is 16.8 Å². The summed E-state index contributed by atoms with van der Waals surface area (Å²) in [7, 11) is 0. The van der Waals surface area contributed by atoms with Crippen LogP contribution in [0, 0.1) is 0 Å². The molecule has 1 amide bonds. The van der Waals surface area contributed by atoms with E-state index in [1.807, 2.05) is 59.4 Å². The van der Waals surface area contributed by atoms with E-state index in [0.717, 1.165) is 24.0 Å². The summed E-state index contributed by atoms with van der Waals surface area (Å²) in [5, 5.41) is 7.92. The lowest BCUT2D eigenvalue weighted by molar-refractivity contribution is -0.121. The quantitative estimate of drug-likeness (QED) is 0.468. The van der Waals surface area contributed by atoms with Gasteiger partial charge in [-0.15, -0.1) is 0 Å². The van der Waals surface area contributed by atoms with Crippen molar-refractivity contribution in [1.82, 2.24) is 24.6 Å². The number of hydrogen-bond acceptors (Lipinski definition) is 4. The number of para-hydroxylation sites is 1. The Morgan fingerprint density at radius 3 is 2.59 bits per heavy atom. The Labute approximate surface area is 185 Å². The summed E-state index contributed by atoms with van der Waals surface area (Å²) >= 11 is 0. The van der Waals surface area contributed by atoms with Crippen LogP contribution >= 0.6 is 0 Å². The minimum atomic E-state index is -0.0522. The smallest absolute Gasteiger partial charge is 0.261 e. The molecule has 0 unspecified atom stereocenters. The van der Waals surface area contributed by atoms with Gasteiger partial charge < -0.3 is 5.32 Å². The summed E-state index contributed by atoms with van der Waals surface area (Å²) < 4.78 is 3.66. The summed E-state index contributed by atoms with van der Waals surface area (Å²) in [6, 6.07) is 17.6. The first kappa shape index (κ1) is 20.2. The van der Waals surface area contributed by atoms with Crippen LogP contribution in [0.4, 0.5) is 0 Å². The molecule has 2 heterocycles. The maximum atomic E-state index is 13.0. The molecule has 1 saturated carbocycles. The van der Waals surface area contributed by atoms with Gasteiger partial charge in [0.05, 0.1) is 17.4 Å². The molecular weight excluding hydrogens is 402 g/mol. The highest BCUT2D eigenvalue weighted by molar-refractivity contribution is 5.78. The van der Waals surface area contributed by atoms with E-state index in [9.17, 15) is 9.59 Å². The molecule has 4 aromatic rings. The van der Waals surface area contributed by atoms with Crippen LogP contribution < -0.4 is 10.9 Å². The Bertz CT molecular complexity index is 1310. The zero-order chi connectivity index (χ0) is 21.9. The van der Waals surface area contributed by atoms with Gasteiger partial charge in [0.2, 0.25) is 5.91 Å². The van der Waals surface area contributed by atoms with Gasteiger partial charge >= 0.3 is 0 Å². The highest BCUT2D eigenvalue weighted by Gasteiger charge is 2.28. The molecule has 0 atom stereocenters. The first-order chi connectivity index (χ1) is 15.7. The van der Waals surface area contributed by atoms with Crippen LogP contribution in [-0.2, 0) is 24.3 Å². The van der Waals surface area contributed by atoms with Gasteiger partial charge in [0, 0.05) is 37.8 Å². The molecule has 0 aliphatic heterocycles. The topological polar surface area (TPSA) is 81.8 Å². The first-order valence-electron chi connectivity index (χ1n) is 11.0. The molecule has 5 rings (SSSR count). The minimum Gasteiger partial charge on any atom is -0.352 e. The Morgan fingerprint density at radius 2 is 1.81 bits per heavy atom. The second-order valence-corrected chi connectivity index (χ2v) is 8.20. The third kappa shape index (κ3) is 4.32. The third-order valence-corrected chi connectivity index (χ3v) is 5.85. The summed E-state index contributed by atoms with van der Waals surface area (Å²) in [6.07, 6.45) is 6.40. The lowest BCUT2D eigenvalue weighted by atomic mass is 10.1. The molecular formula is C25H25N5O2. The predicted molar refractivity (Wildman–Crippen MR) is 122 cm³/mol. The van der Waals surface area contributed by atoms with E-state index in [1.165, 1.54) is 0 Å². The third-order valence-electron chi connectivity index (χ3n) is 5.85. The van der Waals surface area contributed by atoms with Crippen molar-refractivity contribution in [3.63, 3.8) is 0 Å². The molecule has 7 nitrogen and oxygen atoms in total. The van der Waals surface area contributed by atoms with Gasteiger partial charge in [-0.05, 0) is 42.2 Å². The van der Waals surface area contributed by atoms with Crippen molar-refractivity contribution in [2.24, 2.45) is 0 Å². The number of fused-ring (bicyclic) bond motifs is 1. The van der Waals surface area contributed by atoms with E-state index in [0.29, 0.717) is 42.7 Å². The second kappa shape index (κ2) is 8.78. The zero-order valence-electron chi connectivity index (χ0n) is 17.8. The summed E-state index contributed by atoms with van der Waals surface area (Å²) in [6.45, 7) is 1.12. The Kier molecular flexibility index (Phi) is 5.54. The number of nitrogens with zero attached hydrogens (tertiary/aromatic N) is 4. The zero-order valence-corrected chi connectivity index (χ0v) is 17.8. The SMILES string of the molecule is O=C(CCc1nc2ccccc2c(=O)n1C1CC1)NCc1ccccc1Cn1cccn1. The molecule has 2 aromatic heterocycles. The van der Waals surface area contributed by atoms with Crippen molar-refractivity contribution in [2.75, 3.05) is 0 Å². The first-order valence-corrected chi connectivity index (χ1v) is 11.0. The number of hydrogen-bond donors (Lipinski definition) is 1. The number of aryl methyl sites for hydroxylation is 1. The van der Waals surface area contributed by atoms with Crippen molar-refractivity contribution in [3.05, 3.63) is 94.3 Å². The Hall–Kier alpha value is -3.74. The lowest BCUT2D eigenvalue weighted by Gasteiger charge is -2.13. The fraction of sp³-hybridized carbons (Fsp3) is 0.280. The number of carbonyl (C=O) groups excluding carboxylic acids is 1. The summed E-state index contributed by atoms with van der Waals surface area (Å²) in [4.78, 5) is 30.3. The highest BCUT2D eigenvalue weighted by Crippen LogP contribution is 2.34. The van der Waals surface area contributed by atoms with Gasteiger partial charge in [0.25, 0.3) is 5.56 Å². The largest absolute Gasteiger partial charge is 0.352 e. The van der Waals surface area contributed by atoms with Gasteiger partial charge in [0.15, 0.2) is 0 Å². The van der Waals surface area contributed by atoms with Gasteiger partial charge in [-0.2, -0.15) is 5.10 Å². The van der Waals surface area contributed by atoms with Crippen molar-refractivity contribution < 1.29 is 4.79 Å². The molecule has 2 aromatic carbocycles. The van der Waals surface area contributed by atoms with E-state index < -0.39 is 0 Å². The van der Waals surface area contributed by atoms with E-state index in [2.05, 4.69) is 16.5 Å². The molecule has 1 aliphatic carbocycles. The van der Waals surface area contributed by atoms with Crippen LogP contribution in [-0.4, -0.2) is 25.2 Å². The van der Waals surface area contributed by atoms with Gasteiger partial charge in [-0.3, -0.25) is 18.8 Å². The van der Waals surface area contributed by atoms with E-state index in [-0.39, 0.29) is 17.5 Å². The molecule has 1 N–H and O–H groups in total. The number of aromatic nitrogens is 4. The second-order valence-electron chi connectivity index (χ2n) is 8.20. The molecule has 0 spiro atoms. The molecule has 0 saturated heterocycles. The molecule has 1 fully saturated rings. The van der Waals surface area contributed by atoms with Gasteiger partial charge in [-0.25, -0.2) is 4.98 Å². The van der Waals surface area contributed by atoms with Gasteiger partial charge in [0.1, 0.15) is 5.82 Å². The Balaban J connectivity index is 1.26. The normalized spacial score (nSPS) is 13.4. The van der Waals surface area contributed by atoms with Crippen molar-refractivity contribution in [2.45, 2.75) is 44.8 Å². The number of benzene rings is 2. The predicted octanol–water partition coefficient (Wildman–Crippen LogP) is 3.23. The van der Waals surface area contributed by atoms with E-state index in [4.69, 9.17) is 4.98 Å². The number of carbonyl (C=O) groups is 1. The molecule has 0 radical (unpaired) electrons. The van der Waals surface area contributed by atoms with E-state index in [1.54, 1.807) is 10.8 Å². The fourth-order valence-electron chi connectivity index (χ4n) is 4.04. The lowest BCUT2D eigenvalue weighted by Crippen LogP contribution is -2.27. The number of amides is 1. The van der Waals surface area contributed by atoms with Crippen LogP contribution in [0.1, 0.15) is 42.3 Å². The maximum absolute atomic E-state index is 13.0. The highest BCUT2D eigenvalue weighted by atomic mass is 16.1. The van der Waals surface area contributed by atoms with Crippen LogP contribution in [0.3, 0.4) is 0 Å². The van der Waals surface area contributed by atoms with Crippen LogP contribution in [0.2, 0.25) is 0 Å². The molecule has 0 bridgehead atoms.